The van der Waals surface area contributed by atoms with Gasteiger partial charge in [-0.25, -0.2) is 0 Å². The topological polar surface area (TPSA) is 24.1 Å². The Labute approximate surface area is 173 Å². The molecule has 0 amide bonds. The Morgan fingerprint density at radius 1 is 0.393 bits per heavy atom. The van der Waals surface area contributed by atoms with Gasteiger partial charge < -0.3 is 10.6 Å². The highest BCUT2D eigenvalue weighted by Gasteiger charge is 1.95. The van der Waals surface area contributed by atoms with E-state index in [1.807, 2.05) is 0 Å². The molecule has 0 spiro atoms. The number of hydrogen-bond acceptors (Lipinski definition) is 2. The normalized spacial score (nSPS) is 11.0. The molecule has 0 aromatic heterocycles. The number of unbranched alkanes of at least 4 members (excludes halogenated alkanes) is 7. The van der Waals surface area contributed by atoms with Gasteiger partial charge in [-0.05, 0) is 63.0 Å². The van der Waals surface area contributed by atoms with Crippen molar-refractivity contribution in [1.82, 2.24) is 10.6 Å². The molecule has 2 heteroatoms. The smallest absolute Gasteiger partial charge is 0.000835 e. The predicted molar refractivity (Wildman–Crippen MR) is 123 cm³/mol. The van der Waals surface area contributed by atoms with Gasteiger partial charge in [-0.3, -0.25) is 0 Å². The fourth-order valence-corrected chi connectivity index (χ4v) is 3.57. The van der Waals surface area contributed by atoms with Crippen LogP contribution in [0.15, 0.2) is 60.7 Å². The molecule has 2 rings (SSSR count). The molecule has 0 unspecified atom stereocenters. The first-order chi connectivity index (χ1) is 13.9. The van der Waals surface area contributed by atoms with Crippen LogP contribution in [0.3, 0.4) is 0 Å². The average Bonchev–Trinajstić information content (AvgIpc) is 2.75. The van der Waals surface area contributed by atoms with Gasteiger partial charge in [-0.1, -0.05) is 99.2 Å². The van der Waals surface area contributed by atoms with Crippen LogP contribution in [-0.2, 0) is 12.8 Å². The monoisotopic (exact) mass is 380 g/mol. The van der Waals surface area contributed by atoms with Gasteiger partial charge in [0.15, 0.2) is 0 Å². The van der Waals surface area contributed by atoms with Gasteiger partial charge in [0.05, 0.1) is 0 Å². The second-order valence-corrected chi connectivity index (χ2v) is 7.80. The van der Waals surface area contributed by atoms with Crippen molar-refractivity contribution in [3.63, 3.8) is 0 Å². The average molecular weight is 381 g/mol. The van der Waals surface area contributed by atoms with Crippen LogP contribution in [0.2, 0.25) is 0 Å². The van der Waals surface area contributed by atoms with Crippen LogP contribution in [0.4, 0.5) is 0 Å². The molecule has 154 valence electrons. The molecule has 0 saturated heterocycles. The number of hydrogen-bond donors (Lipinski definition) is 2. The van der Waals surface area contributed by atoms with Crippen molar-refractivity contribution >= 4 is 0 Å². The molecule has 0 saturated carbocycles. The van der Waals surface area contributed by atoms with Crippen molar-refractivity contribution in [3.05, 3.63) is 71.8 Å². The van der Waals surface area contributed by atoms with E-state index < -0.39 is 0 Å². The van der Waals surface area contributed by atoms with E-state index >= 15 is 0 Å². The summed E-state index contributed by atoms with van der Waals surface area (Å²) in [5.41, 5.74) is 2.86. The molecule has 2 N–H and O–H groups in total. The van der Waals surface area contributed by atoms with E-state index in [0.717, 1.165) is 25.9 Å². The van der Waals surface area contributed by atoms with Gasteiger partial charge in [0.1, 0.15) is 0 Å². The van der Waals surface area contributed by atoms with E-state index in [2.05, 4.69) is 71.3 Å². The van der Waals surface area contributed by atoms with Crippen molar-refractivity contribution in [2.24, 2.45) is 0 Å². The van der Waals surface area contributed by atoms with Gasteiger partial charge in [0.25, 0.3) is 0 Å². The van der Waals surface area contributed by atoms with E-state index in [9.17, 15) is 0 Å². The Kier molecular flexibility index (Phi) is 13.2. The van der Waals surface area contributed by atoms with Gasteiger partial charge in [0.2, 0.25) is 0 Å². The Bertz CT molecular complexity index is 514. The third kappa shape index (κ3) is 11.9. The second-order valence-electron chi connectivity index (χ2n) is 7.80. The highest BCUT2D eigenvalue weighted by Crippen LogP contribution is 2.08. The van der Waals surface area contributed by atoms with Crippen molar-refractivity contribution in [1.29, 1.82) is 0 Å². The summed E-state index contributed by atoms with van der Waals surface area (Å²) in [5, 5.41) is 7.15. The maximum absolute atomic E-state index is 3.57. The lowest BCUT2D eigenvalue weighted by atomic mass is 10.1. The van der Waals surface area contributed by atoms with Gasteiger partial charge >= 0.3 is 0 Å². The summed E-state index contributed by atoms with van der Waals surface area (Å²) in [6, 6.07) is 21.5. The highest BCUT2D eigenvalue weighted by molar-refractivity contribution is 5.15. The van der Waals surface area contributed by atoms with Crippen LogP contribution in [0.25, 0.3) is 0 Å². The number of rotatable bonds is 17. The summed E-state index contributed by atoms with van der Waals surface area (Å²) in [6.07, 6.45) is 13.3. The molecular weight excluding hydrogens is 340 g/mol. The van der Waals surface area contributed by atoms with Crippen molar-refractivity contribution < 1.29 is 0 Å². The fourth-order valence-electron chi connectivity index (χ4n) is 3.57. The molecule has 0 aliphatic carbocycles. The molecule has 0 atom stereocenters. The van der Waals surface area contributed by atoms with Crippen LogP contribution in [0.1, 0.15) is 62.5 Å². The molecule has 2 aromatic carbocycles. The van der Waals surface area contributed by atoms with Crippen LogP contribution in [0, 0.1) is 0 Å². The molecular formula is C26H40N2. The molecule has 0 aliphatic rings. The fraction of sp³-hybridized carbons (Fsp3) is 0.538. The summed E-state index contributed by atoms with van der Waals surface area (Å²) in [7, 11) is 0. The molecule has 28 heavy (non-hydrogen) atoms. The second kappa shape index (κ2) is 16.3. The minimum Gasteiger partial charge on any atom is -0.316 e. The van der Waals surface area contributed by atoms with Crippen molar-refractivity contribution in [2.75, 3.05) is 26.2 Å². The Morgan fingerprint density at radius 3 is 1.14 bits per heavy atom. The summed E-state index contributed by atoms with van der Waals surface area (Å²) >= 11 is 0. The maximum Gasteiger partial charge on any atom is -0.000835 e. The van der Waals surface area contributed by atoms with Gasteiger partial charge in [-0.15, -0.1) is 0 Å². The Hall–Kier alpha value is -1.64. The minimum absolute atomic E-state index is 1.10. The van der Waals surface area contributed by atoms with E-state index in [-0.39, 0.29) is 0 Å². The first-order valence-corrected chi connectivity index (χ1v) is 11.4. The third-order valence-electron chi connectivity index (χ3n) is 5.32. The van der Waals surface area contributed by atoms with Crippen molar-refractivity contribution in [3.8, 4) is 0 Å². The summed E-state index contributed by atoms with van der Waals surface area (Å²) in [6.45, 7) is 4.54. The lowest BCUT2D eigenvalue weighted by molar-refractivity contribution is 0.541. The van der Waals surface area contributed by atoms with Gasteiger partial charge in [-0.2, -0.15) is 0 Å². The predicted octanol–water partition coefficient (Wildman–Crippen LogP) is 5.77. The summed E-state index contributed by atoms with van der Waals surface area (Å²) < 4.78 is 0. The minimum atomic E-state index is 1.10. The molecule has 0 bridgehead atoms. The van der Waals surface area contributed by atoms with E-state index in [0.29, 0.717) is 0 Å². The van der Waals surface area contributed by atoms with Crippen molar-refractivity contribution in [2.45, 2.75) is 64.2 Å². The maximum atomic E-state index is 3.57. The zero-order chi connectivity index (χ0) is 19.5. The standard InChI is InChI=1S/C26H40N2/c1(3-5-13-21-27-23-19-25-15-9-7-10-16-25)2-4-6-14-22-28-24-20-26-17-11-8-12-18-26/h7-12,15-18,27-28H,1-6,13-14,19-24H2. The third-order valence-corrected chi connectivity index (χ3v) is 5.32. The molecule has 0 aliphatic heterocycles. The van der Waals surface area contributed by atoms with Crippen LogP contribution < -0.4 is 10.6 Å². The zero-order valence-corrected chi connectivity index (χ0v) is 17.7. The number of benzene rings is 2. The summed E-state index contributed by atoms with van der Waals surface area (Å²) in [4.78, 5) is 0. The Morgan fingerprint density at radius 2 is 0.750 bits per heavy atom. The first kappa shape index (κ1) is 22.6. The molecule has 0 heterocycles. The number of nitrogens with one attached hydrogen (secondary N) is 2. The SMILES string of the molecule is c1ccc(CCNCCCCCCCCCCNCCc2ccccc2)cc1. The molecule has 2 nitrogen and oxygen atoms in total. The quantitative estimate of drug-likeness (QED) is 0.340. The van der Waals surface area contributed by atoms with Crippen LogP contribution >= 0.6 is 0 Å². The molecule has 0 fully saturated rings. The lowest BCUT2D eigenvalue weighted by Crippen LogP contribution is -2.18. The van der Waals surface area contributed by atoms with Crippen LogP contribution in [-0.4, -0.2) is 26.2 Å². The van der Waals surface area contributed by atoms with E-state index in [4.69, 9.17) is 0 Å². The molecule has 2 aromatic rings. The largest absolute Gasteiger partial charge is 0.316 e. The lowest BCUT2D eigenvalue weighted by Gasteiger charge is -2.06. The van der Waals surface area contributed by atoms with E-state index in [1.165, 1.54) is 75.6 Å². The summed E-state index contributed by atoms with van der Waals surface area (Å²) in [5.74, 6) is 0. The first-order valence-electron chi connectivity index (χ1n) is 11.4. The highest BCUT2D eigenvalue weighted by atomic mass is 14.8. The molecule has 0 radical (unpaired) electrons. The Balaban J connectivity index is 1.25. The zero-order valence-electron chi connectivity index (χ0n) is 17.7. The van der Waals surface area contributed by atoms with Crippen LogP contribution in [0.5, 0.6) is 0 Å². The van der Waals surface area contributed by atoms with Gasteiger partial charge in [0, 0.05) is 0 Å². The van der Waals surface area contributed by atoms with E-state index in [1.54, 1.807) is 0 Å².